The highest BCUT2D eigenvalue weighted by Crippen LogP contribution is 2.43. The third kappa shape index (κ3) is 3.24. The van der Waals surface area contributed by atoms with E-state index in [9.17, 15) is 9.59 Å². The minimum atomic E-state index is -1.21. The summed E-state index contributed by atoms with van der Waals surface area (Å²) in [4.78, 5) is 21.3. The second-order valence-corrected chi connectivity index (χ2v) is 6.29. The van der Waals surface area contributed by atoms with Gasteiger partial charge in [0.1, 0.15) is 26.4 Å². The predicted molar refractivity (Wildman–Crippen MR) is 84.5 cm³/mol. The molecule has 2 aromatic heterocycles. The topological polar surface area (TPSA) is 112 Å². The van der Waals surface area contributed by atoms with Gasteiger partial charge in [0.2, 0.25) is 0 Å². The molecule has 0 aromatic carbocycles. The zero-order valence-electron chi connectivity index (χ0n) is 12.1. The van der Waals surface area contributed by atoms with Crippen LogP contribution in [0.3, 0.4) is 0 Å². The van der Waals surface area contributed by atoms with Crippen molar-refractivity contribution in [3.63, 3.8) is 0 Å². The number of fused-ring (bicyclic) bond motifs is 2. The highest BCUT2D eigenvalue weighted by Gasteiger charge is 2.30. The lowest BCUT2D eigenvalue weighted by Crippen LogP contribution is -2.16. The van der Waals surface area contributed by atoms with Crippen LogP contribution in [0.2, 0.25) is 0 Å². The van der Waals surface area contributed by atoms with Crippen molar-refractivity contribution >= 4 is 34.6 Å². The van der Waals surface area contributed by atoms with Gasteiger partial charge >= 0.3 is 11.9 Å². The minimum absolute atomic E-state index is 0.0242. The van der Waals surface area contributed by atoms with Crippen molar-refractivity contribution in [2.24, 2.45) is 0 Å². The molecule has 0 saturated carbocycles. The van der Waals surface area contributed by atoms with E-state index in [1.807, 2.05) is 10.8 Å². The molecule has 0 spiro atoms. The van der Waals surface area contributed by atoms with Gasteiger partial charge in [-0.1, -0.05) is 0 Å². The molecule has 0 fully saturated rings. The van der Waals surface area contributed by atoms with Gasteiger partial charge in [0.05, 0.1) is 0 Å². The number of hydrogen-bond acceptors (Lipinski definition) is 8. The van der Waals surface area contributed by atoms with Crippen molar-refractivity contribution in [3.05, 3.63) is 20.5 Å². The van der Waals surface area contributed by atoms with E-state index in [0.717, 1.165) is 11.5 Å². The fourth-order valence-corrected chi connectivity index (χ4v) is 3.57. The maximum Gasteiger partial charge on any atom is 0.349 e. The molecule has 4 heterocycles. The zero-order chi connectivity index (χ0) is 17.1. The summed E-state index contributed by atoms with van der Waals surface area (Å²) in [6.07, 6.45) is 0. The Morgan fingerprint density at radius 2 is 1.21 bits per heavy atom. The van der Waals surface area contributed by atoms with Gasteiger partial charge in [0.25, 0.3) is 0 Å². The Morgan fingerprint density at radius 1 is 0.792 bits per heavy atom. The molecule has 0 radical (unpaired) electrons. The first kappa shape index (κ1) is 16.4. The molecule has 0 aliphatic carbocycles. The van der Waals surface area contributed by atoms with Crippen LogP contribution in [-0.2, 0) is 0 Å². The quantitative estimate of drug-likeness (QED) is 0.827. The number of hydrogen-bond donors (Lipinski definition) is 2. The summed E-state index contributed by atoms with van der Waals surface area (Å²) in [6.45, 7) is 1.82. The zero-order valence-corrected chi connectivity index (χ0v) is 13.8. The van der Waals surface area contributed by atoms with Crippen LogP contribution in [-0.4, -0.2) is 48.6 Å². The van der Waals surface area contributed by atoms with Crippen LogP contribution in [0.15, 0.2) is 10.8 Å². The van der Waals surface area contributed by atoms with Gasteiger partial charge in [-0.05, 0) is 0 Å². The van der Waals surface area contributed by atoms with E-state index in [0.29, 0.717) is 24.6 Å². The average Bonchev–Trinajstić information content (AvgIpc) is 3.20. The molecule has 2 aromatic rings. The van der Waals surface area contributed by atoms with Crippen molar-refractivity contribution < 1.29 is 38.7 Å². The second kappa shape index (κ2) is 6.97. The maximum absolute atomic E-state index is 10.8. The molecule has 4 rings (SSSR count). The van der Waals surface area contributed by atoms with Crippen LogP contribution >= 0.6 is 22.7 Å². The fraction of sp³-hybridized carbons (Fsp3) is 0.286. The van der Waals surface area contributed by atoms with Gasteiger partial charge in [0.15, 0.2) is 32.8 Å². The van der Waals surface area contributed by atoms with E-state index < -0.39 is 11.9 Å². The molecule has 2 aliphatic rings. The number of carboxylic acids is 2. The van der Waals surface area contributed by atoms with Crippen LogP contribution in [0.25, 0.3) is 0 Å². The third-order valence-electron chi connectivity index (χ3n) is 2.98. The monoisotopic (exact) mass is 372 g/mol. The Balaban J connectivity index is 0.000000159. The van der Waals surface area contributed by atoms with Gasteiger partial charge in [-0.3, -0.25) is 0 Å². The van der Waals surface area contributed by atoms with Crippen LogP contribution in [0.5, 0.6) is 23.0 Å². The molecule has 8 nitrogen and oxygen atoms in total. The first-order chi connectivity index (χ1) is 11.6. The molecule has 0 saturated heterocycles. The van der Waals surface area contributed by atoms with Gasteiger partial charge in [-0.2, -0.15) is 0 Å². The largest absolute Gasteiger partial charge is 0.485 e. The summed E-state index contributed by atoms with van der Waals surface area (Å²) in [7, 11) is 0. The summed E-state index contributed by atoms with van der Waals surface area (Å²) < 4.78 is 20.7. The van der Waals surface area contributed by atoms with E-state index in [4.69, 9.17) is 29.2 Å². The van der Waals surface area contributed by atoms with Crippen molar-refractivity contribution in [3.8, 4) is 23.0 Å². The van der Waals surface area contributed by atoms with Crippen LogP contribution in [0.4, 0.5) is 0 Å². The number of thiophene rings is 2. The van der Waals surface area contributed by atoms with Crippen molar-refractivity contribution in [1.29, 1.82) is 0 Å². The molecule has 0 amide bonds. The molecular weight excluding hydrogens is 360 g/mol. The number of ether oxygens (including phenoxy) is 4. The van der Waals surface area contributed by atoms with Crippen molar-refractivity contribution in [1.82, 2.24) is 0 Å². The lowest BCUT2D eigenvalue weighted by atomic mass is 10.3. The normalized spacial score (nSPS) is 14.3. The standard InChI is InChI=1S/C8H6O6S.C6H6O2S/c9-7(10)5-3-4(14-2-1-13-3)6(15-5)8(11)12;1-2-8-6-4-9-3-5(6)7-1/h1-2H2,(H,9,10)(H,11,12);3-4H,1-2H2. The van der Waals surface area contributed by atoms with Crippen molar-refractivity contribution in [2.45, 2.75) is 0 Å². The second-order valence-electron chi connectivity index (χ2n) is 4.52. The molecular formula is C14H12O8S2. The highest BCUT2D eigenvalue weighted by atomic mass is 32.1. The molecule has 24 heavy (non-hydrogen) atoms. The van der Waals surface area contributed by atoms with E-state index in [2.05, 4.69) is 0 Å². The van der Waals surface area contributed by atoms with Gasteiger partial charge in [-0.15, -0.1) is 22.7 Å². The Morgan fingerprint density at radius 3 is 1.62 bits per heavy atom. The van der Waals surface area contributed by atoms with Crippen LogP contribution in [0, 0.1) is 0 Å². The summed E-state index contributed by atoms with van der Waals surface area (Å²) in [6, 6.07) is 0. The van der Waals surface area contributed by atoms with Crippen LogP contribution < -0.4 is 18.9 Å². The lowest BCUT2D eigenvalue weighted by molar-refractivity contribution is 0.0676. The predicted octanol–water partition coefficient (Wildman–Crippen LogP) is 2.44. The Bertz CT molecular complexity index is 704. The van der Waals surface area contributed by atoms with Crippen LogP contribution in [0.1, 0.15) is 19.3 Å². The molecule has 2 N–H and O–H groups in total. The summed E-state index contributed by atoms with van der Waals surface area (Å²) in [5, 5.41) is 21.5. The van der Waals surface area contributed by atoms with Crippen molar-refractivity contribution in [2.75, 3.05) is 26.4 Å². The first-order valence-electron chi connectivity index (χ1n) is 6.78. The Labute approximate surface area is 143 Å². The van der Waals surface area contributed by atoms with E-state index in [1.165, 1.54) is 0 Å². The number of rotatable bonds is 2. The molecule has 0 atom stereocenters. The SMILES string of the molecule is O=C(O)c1sc(C(=O)O)c2c1OCCO2.c1scc2c1OCCO2. The Kier molecular flexibility index (Phi) is 4.76. The molecule has 2 aliphatic heterocycles. The fourth-order valence-electron chi connectivity index (χ4n) is 2.02. The van der Waals surface area contributed by atoms with Gasteiger partial charge < -0.3 is 29.2 Å². The number of carbonyl (C=O) groups is 2. The molecule has 0 bridgehead atoms. The van der Waals surface area contributed by atoms with Gasteiger partial charge in [-0.25, -0.2) is 9.59 Å². The molecule has 0 unspecified atom stereocenters. The smallest absolute Gasteiger partial charge is 0.349 e. The summed E-state index contributed by atoms with van der Waals surface area (Å²) >= 11 is 2.25. The summed E-state index contributed by atoms with van der Waals surface area (Å²) in [5.41, 5.74) is 0. The number of carboxylic acid groups (broad SMARTS) is 2. The summed E-state index contributed by atoms with van der Waals surface area (Å²) in [5.74, 6) is -0.590. The minimum Gasteiger partial charge on any atom is -0.485 e. The number of aromatic carboxylic acids is 2. The lowest BCUT2D eigenvalue weighted by Gasteiger charge is -2.15. The average molecular weight is 372 g/mol. The maximum atomic E-state index is 10.8. The third-order valence-corrected chi connectivity index (χ3v) is 4.81. The first-order valence-corrected chi connectivity index (χ1v) is 8.54. The Hall–Kier alpha value is -2.46. The van der Waals surface area contributed by atoms with E-state index in [-0.39, 0.29) is 34.5 Å². The molecule has 10 heteroatoms. The van der Waals surface area contributed by atoms with Gasteiger partial charge in [0, 0.05) is 10.8 Å². The highest BCUT2D eigenvalue weighted by molar-refractivity contribution is 7.16. The molecule has 128 valence electrons. The van der Waals surface area contributed by atoms with E-state index in [1.54, 1.807) is 11.3 Å². The van der Waals surface area contributed by atoms with E-state index >= 15 is 0 Å².